The molecule has 11 nitrogen and oxygen atoms in total. The van der Waals surface area contributed by atoms with Gasteiger partial charge in [-0.15, -0.1) is 0 Å². The van der Waals surface area contributed by atoms with Crippen LogP contribution in [0, 0.1) is 0 Å². The molecule has 0 rings (SSSR count). The Morgan fingerprint density at radius 2 is 0.849 bits per heavy atom. The van der Waals surface area contributed by atoms with Gasteiger partial charge in [-0.2, -0.15) is 0 Å². The summed E-state index contributed by atoms with van der Waals surface area (Å²) in [5, 5.41) is 10.5. The van der Waals surface area contributed by atoms with Gasteiger partial charge in [0.25, 0.3) is 5.91 Å². The molecule has 0 aliphatic carbocycles. The number of ketones is 2. The first kappa shape index (κ1) is 54.0. The van der Waals surface area contributed by atoms with Gasteiger partial charge in [0.05, 0.1) is 14.2 Å². The standard InChI is InChI=1S/C21H37NO4.C17H33NO2.C4H6O3/c1-3-19(23)21(25)22-18-16-14-12-10-8-6-4-5-7-9-11-13-15-17-20(24)26-2;1-20-17(19)15-13-11-9-7-5-3-2-4-6-8-10-12-14-16-18;1-2-3(5)4(6)7/h8,10H,3-7,9,11-18H2,1-2H3,(H,22,25);6,8H,2-5,7,9-16,18H2,1H3;2H2,1H3,(H,6,7)/b10-8-;8-6-;. The number of amides is 1. The van der Waals surface area contributed by atoms with Gasteiger partial charge < -0.3 is 25.6 Å². The molecule has 0 bridgehead atoms. The van der Waals surface area contributed by atoms with E-state index in [0.29, 0.717) is 19.4 Å². The molecule has 11 heteroatoms. The number of Topliss-reactive ketones (excluding diaryl/α,β-unsaturated/α-hetero) is 2. The number of methoxy groups -OCH3 is 2. The molecule has 0 saturated carbocycles. The lowest BCUT2D eigenvalue weighted by Gasteiger charge is -2.02. The molecule has 0 aromatic rings. The summed E-state index contributed by atoms with van der Waals surface area (Å²) in [7, 11) is 2.89. The molecule has 0 heterocycles. The van der Waals surface area contributed by atoms with Crippen LogP contribution in [0.25, 0.3) is 0 Å². The second-order valence-corrected chi connectivity index (χ2v) is 13.0. The van der Waals surface area contributed by atoms with Crippen LogP contribution in [0.4, 0.5) is 0 Å². The zero-order valence-corrected chi connectivity index (χ0v) is 33.9. The number of carbonyl (C=O) groups excluding carboxylic acids is 5. The number of nitrogens with two attached hydrogens (primary N) is 1. The molecule has 0 aromatic carbocycles. The van der Waals surface area contributed by atoms with E-state index in [4.69, 9.17) is 10.8 Å². The van der Waals surface area contributed by atoms with Crippen molar-refractivity contribution in [1.82, 2.24) is 5.32 Å². The Kier molecular flexibility index (Phi) is 45.7. The number of carbonyl (C=O) groups is 6. The van der Waals surface area contributed by atoms with Crippen LogP contribution in [0.3, 0.4) is 0 Å². The van der Waals surface area contributed by atoms with Crippen LogP contribution in [-0.2, 0) is 38.2 Å². The van der Waals surface area contributed by atoms with Gasteiger partial charge >= 0.3 is 17.9 Å². The van der Waals surface area contributed by atoms with Crippen molar-refractivity contribution in [2.75, 3.05) is 27.3 Å². The van der Waals surface area contributed by atoms with E-state index in [0.717, 1.165) is 64.3 Å². The molecule has 0 aliphatic heterocycles. The predicted octanol–water partition coefficient (Wildman–Crippen LogP) is 8.90. The number of unbranched alkanes of at least 4 members (excludes halogenated alkanes) is 18. The lowest BCUT2D eigenvalue weighted by molar-refractivity contribution is -0.148. The molecule has 0 saturated heterocycles. The van der Waals surface area contributed by atoms with Crippen LogP contribution in [0.2, 0.25) is 0 Å². The third kappa shape index (κ3) is 46.6. The predicted molar refractivity (Wildman–Crippen MR) is 213 cm³/mol. The number of aliphatic carboxylic acids is 1. The summed E-state index contributed by atoms with van der Waals surface area (Å²) >= 11 is 0. The summed E-state index contributed by atoms with van der Waals surface area (Å²) in [6.45, 7) is 4.60. The van der Waals surface area contributed by atoms with E-state index in [1.165, 1.54) is 105 Å². The summed E-state index contributed by atoms with van der Waals surface area (Å²) in [5.41, 5.74) is 5.44. The van der Waals surface area contributed by atoms with Crippen molar-refractivity contribution in [2.45, 2.75) is 181 Å². The summed E-state index contributed by atoms with van der Waals surface area (Å²) in [6.07, 6.45) is 36.2. The number of carboxylic acids is 1. The van der Waals surface area contributed by atoms with Crippen LogP contribution in [0.15, 0.2) is 24.3 Å². The maximum Gasteiger partial charge on any atom is 0.372 e. The van der Waals surface area contributed by atoms with Crippen LogP contribution >= 0.6 is 0 Å². The summed E-state index contributed by atoms with van der Waals surface area (Å²) in [4.78, 5) is 63.7. The Morgan fingerprint density at radius 1 is 0.509 bits per heavy atom. The molecular weight excluding hydrogens is 676 g/mol. The Balaban J connectivity index is -0.000000816. The average molecular weight is 753 g/mol. The third-order valence-electron chi connectivity index (χ3n) is 8.33. The van der Waals surface area contributed by atoms with Crippen molar-refractivity contribution >= 4 is 35.4 Å². The molecule has 0 aliphatic rings. The molecule has 0 aromatic heterocycles. The SMILES string of the molecule is CCC(=O)C(=O)NCCCC/C=C\CCCCCCCCCC(=O)OC.CCC(=O)C(=O)O.COC(=O)CCCCCCCCC/C=C\CCCCN. The van der Waals surface area contributed by atoms with Crippen molar-refractivity contribution in [1.29, 1.82) is 0 Å². The van der Waals surface area contributed by atoms with Gasteiger partial charge in [-0.1, -0.05) is 102 Å². The maximum absolute atomic E-state index is 11.3. The normalized spacial score (nSPS) is 10.6. The van der Waals surface area contributed by atoms with Gasteiger partial charge in [0, 0.05) is 32.2 Å². The molecule has 1 amide bonds. The number of allylic oxidation sites excluding steroid dienone is 4. The van der Waals surface area contributed by atoms with E-state index >= 15 is 0 Å². The first-order valence-electron chi connectivity index (χ1n) is 20.3. The highest BCUT2D eigenvalue weighted by Gasteiger charge is 2.09. The Labute approximate surface area is 321 Å². The third-order valence-corrected chi connectivity index (χ3v) is 8.33. The molecule has 53 heavy (non-hydrogen) atoms. The van der Waals surface area contributed by atoms with Crippen molar-refractivity contribution in [3.8, 4) is 0 Å². The lowest BCUT2D eigenvalue weighted by Crippen LogP contribution is -2.31. The van der Waals surface area contributed by atoms with Gasteiger partial charge in [-0.25, -0.2) is 4.79 Å². The zero-order valence-electron chi connectivity index (χ0n) is 33.9. The fourth-order valence-electron chi connectivity index (χ4n) is 4.91. The minimum Gasteiger partial charge on any atom is -0.476 e. The van der Waals surface area contributed by atoms with E-state index < -0.39 is 17.7 Å². The highest BCUT2D eigenvalue weighted by molar-refractivity contribution is 6.36. The number of esters is 2. The van der Waals surface area contributed by atoms with Crippen molar-refractivity contribution in [3.63, 3.8) is 0 Å². The summed E-state index contributed by atoms with van der Waals surface area (Å²) < 4.78 is 9.23. The highest BCUT2D eigenvalue weighted by Crippen LogP contribution is 2.12. The number of hydrogen-bond donors (Lipinski definition) is 3. The number of rotatable bonds is 33. The van der Waals surface area contributed by atoms with Gasteiger partial charge in [-0.3, -0.25) is 24.0 Å². The number of nitrogens with one attached hydrogen (secondary N) is 1. The zero-order chi connectivity index (χ0) is 40.2. The molecule has 0 unspecified atom stereocenters. The molecule has 4 N–H and O–H groups in total. The molecule has 0 radical (unpaired) electrons. The topological polar surface area (TPSA) is 179 Å². The molecule has 0 fully saturated rings. The quantitative estimate of drug-likeness (QED) is 0.0254. The number of carboxylic acid groups (broad SMARTS) is 1. The Bertz CT molecular complexity index is 980. The number of hydrogen-bond acceptors (Lipinski definition) is 9. The van der Waals surface area contributed by atoms with E-state index in [1.54, 1.807) is 6.92 Å². The summed E-state index contributed by atoms with van der Waals surface area (Å²) in [5.74, 6) is -3.06. The first-order valence-corrected chi connectivity index (χ1v) is 20.3. The van der Waals surface area contributed by atoms with Crippen LogP contribution in [0.5, 0.6) is 0 Å². The average Bonchev–Trinajstić information content (AvgIpc) is 3.17. The second-order valence-electron chi connectivity index (χ2n) is 13.0. The van der Waals surface area contributed by atoms with Gasteiger partial charge in [0.1, 0.15) is 0 Å². The Hall–Kier alpha value is -3.34. The van der Waals surface area contributed by atoms with Crippen molar-refractivity contribution in [3.05, 3.63) is 24.3 Å². The number of ether oxygens (including phenoxy) is 2. The summed E-state index contributed by atoms with van der Waals surface area (Å²) in [6, 6.07) is 0. The van der Waals surface area contributed by atoms with E-state index in [-0.39, 0.29) is 30.6 Å². The van der Waals surface area contributed by atoms with Gasteiger partial charge in [0.15, 0.2) is 0 Å². The fraction of sp³-hybridized carbons (Fsp3) is 0.762. The minimum atomic E-state index is -1.34. The van der Waals surface area contributed by atoms with Crippen molar-refractivity contribution in [2.24, 2.45) is 5.73 Å². The van der Waals surface area contributed by atoms with E-state index in [2.05, 4.69) is 39.1 Å². The second kappa shape index (κ2) is 44.8. The molecule has 0 spiro atoms. The van der Waals surface area contributed by atoms with Crippen LogP contribution in [-0.4, -0.2) is 67.8 Å². The Morgan fingerprint density at radius 3 is 1.17 bits per heavy atom. The van der Waals surface area contributed by atoms with Crippen molar-refractivity contribution < 1.29 is 43.3 Å². The van der Waals surface area contributed by atoms with Gasteiger partial charge in [-0.05, 0) is 83.6 Å². The smallest absolute Gasteiger partial charge is 0.372 e. The van der Waals surface area contributed by atoms with Crippen LogP contribution in [0.1, 0.15) is 181 Å². The van der Waals surface area contributed by atoms with E-state index in [9.17, 15) is 28.8 Å². The minimum absolute atomic E-state index is 0.0787. The molecule has 0 atom stereocenters. The maximum atomic E-state index is 11.3. The fourth-order valence-corrected chi connectivity index (χ4v) is 4.91. The molecular formula is C42H76N2O9. The highest BCUT2D eigenvalue weighted by atomic mass is 16.5. The lowest BCUT2D eigenvalue weighted by atomic mass is 10.1. The first-order chi connectivity index (χ1) is 25.6. The monoisotopic (exact) mass is 753 g/mol. The van der Waals surface area contributed by atoms with E-state index in [1.807, 2.05) is 0 Å². The largest absolute Gasteiger partial charge is 0.476 e. The molecule has 308 valence electrons. The van der Waals surface area contributed by atoms with Gasteiger partial charge in [0.2, 0.25) is 11.6 Å². The van der Waals surface area contributed by atoms with Crippen LogP contribution < -0.4 is 11.1 Å².